The number of hydrogen-bond acceptors (Lipinski definition) is 3. The van der Waals surface area contributed by atoms with Crippen LogP contribution in [0.15, 0.2) is 0 Å². The number of hydroxylamine groups is 2. The second-order valence-electron chi connectivity index (χ2n) is 2.89. The molecule has 0 saturated carbocycles. The van der Waals surface area contributed by atoms with Gasteiger partial charge in [0.2, 0.25) is 0 Å². The summed E-state index contributed by atoms with van der Waals surface area (Å²) < 4.78 is 0. The maximum absolute atomic E-state index is 10.9. The summed E-state index contributed by atoms with van der Waals surface area (Å²) in [6.07, 6.45) is 1.45. The normalized spacial score (nSPS) is 19.4. The van der Waals surface area contributed by atoms with Crippen molar-refractivity contribution >= 4 is 0 Å². The van der Waals surface area contributed by atoms with Crippen molar-refractivity contribution in [3.05, 3.63) is 5.21 Å². The summed E-state index contributed by atoms with van der Waals surface area (Å²) >= 11 is 0. The molecule has 2 atom stereocenters. The number of quaternary nitrogens is 1. The van der Waals surface area contributed by atoms with Crippen molar-refractivity contribution in [2.45, 2.75) is 39.3 Å². The minimum absolute atomic E-state index is 0.209. The van der Waals surface area contributed by atoms with E-state index in [-0.39, 0.29) is 5.23 Å². The van der Waals surface area contributed by atoms with Crippen LogP contribution in [0, 0.1) is 5.21 Å². The molecule has 0 spiro atoms. The van der Waals surface area contributed by atoms with E-state index in [0.717, 1.165) is 6.42 Å². The van der Waals surface area contributed by atoms with Crippen molar-refractivity contribution < 1.29 is 10.1 Å². The van der Waals surface area contributed by atoms with Crippen molar-refractivity contribution in [2.75, 3.05) is 6.54 Å². The van der Waals surface area contributed by atoms with E-state index < -0.39 is 5.72 Å². The molecule has 68 valence electrons. The molecule has 0 heterocycles. The lowest BCUT2D eigenvalue weighted by Gasteiger charge is -2.29. The molecule has 0 aliphatic heterocycles. The van der Waals surface area contributed by atoms with Gasteiger partial charge in [-0.1, -0.05) is 13.8 Å². The fraction of sp³-hybridized carbons (Fsp3) is 1.00. The smallest absolute Gasteiger partial charge is 0.173 e. The lowest BCUT2D eigenvalue weighted by Crippen LogP contribution is -3.08. The maximum Gasteiger partial charge on any atom is 0.173 e. The Morgan fingerprint density at radius 1 is 1.55 bits per heavy atom. The molecule has 0 aliphatic rings. The minimum atomic E-state index is -0.785. The fourth-order valence-corrected chi connectivity index (χ4v) is 0.587. The molecule has 0 aromatic heterocycles. The third-order valence-electron chi connectivity index (χ3n) is 1.50. The summed E-state index contributed by atoms with van der Waals surface area (Å²) in [6, 6.07) is 0. The molecular weight excluding hydrogens is 144 g/mol. The highest BCUT2D eigenvalue weighted by Gasteiger charge is 2.20. The van der Waals surface area contributed by atoms with Gasteiger partial charge in [-0.05, 0) is 19.8 Å². The van der Waals surface area contributed by atoms with E-state index in [4.69, 9.17) is 10.6 Å². The van der Waals surface area contributed by atoms with E-state index in [1.165, 1.54) is 0 Å². The average Bonchev–Trinajstić information content (AvgIpc) is 1.87. The minimum Gasteiger partial charge on any atom is -0.600 e. The fourth-order valence-electron chi connectivity index (χ4n) is 0.587. The van der Waals surface area contributed by atoms with Crippen LogP contribution in [-0.4, -0.2) is 12.3 Å². The summed E-state index contributed by atoms with van der Waals surface area (Å²) in [5.74, 6) is 0. The highest BCUT2D eigenvalue weighted by molar-refractivity contribution is 4.59. The van der Waals surface area contributed by atoms with E-state index in [1.54, 1.807) is 6.92 Å². The number of rotatable bonds is 5. The predicted octanol–water partition coefficient (Wildman–Crippen LogP) is -0.204. The molecule has 0 saturated heterocycles. The van der Waals surface area contributed by atoms with Crippen LogP contribution in [-0.2, 0) is 4.84 Å². The van der Waals surface area contributed by atoms with Crippen LogP contribution in [0.25, 0.3) is 0 Å². The second kappa shape index (κ2) is 4.66. The molecule has 0 rings (SSSR count). The van der Waals surface area contributed by atoms with Crippen molar-refractivity contribution in [3.8, 4) is 0 Å². The van der Waals surface area contributed by atoms with Gasteiger partial charge in [0.05, 0.1) is 0 Å². The quantitative estimate of drug-likeness (QED) is 0.434. The molecule has 4 heteroatoms. The highest BCUT2D eigenvalue weighted by atomic mass is 16.9. The van der Waals surface area contributed by atoms with Gasteiger partial charge in [-0.15, -0.1) is 0 Å². The van der Waals surface area contributed by atoms with Crippen LogP contribution >= 0.6 is 0 Å². The first-order valence-electron chi connectivity index (χ1n) is 4.02. The van der Waals surface area contributed by atoms with Gasteiger partial charge in [0.1, 0.15) is 6.54 Å². The first-order chi connectivity index (χ1) is 5.02. The van der Waals surface area contributed by atoms with Gasteiger partial charge in [0.25, 0.3) is 0 Å². The van der Waals surface area contributed by atoms with Gasteiger partial charge in [0, 0.05) is 0 Å². The Kier molecular flexibility index (Phi) is 4.60. The monoisotopic (exact) mass is 162 g/mol. The zero-order chi connectivity index (χ0) is 8.91. The Balaban J connectivity index is 3.64. The van der Waals surface area contributed by atoms with Gasteiger partial charge in [0.15, 0.2) is 5.72 Å². The van der Waals surface area contributed by atoms with Gasteiger partial charge in [-0.2, -0.15) is 4.84 Å². The number of hydrogen-bond donors (Lipinski definition) is 2. The van der Waals surface area contributed by atoms with E-state index in [2.05, 4.69) is 0 Å². The predicted molar refractivity (Wildman–Crippen MR) is 43.5 cm³/mol. The number of nitrogens with two attached hydrogens (primary N) is 1. The average molecular weight is 162 g/mol. The Hall–Kier alpha value is -0.160. The molecule has 4 nitrogen and oxygen atoms in total. The lowest BCUT2D eigenvalue weighted by molar-refractivity contribution is -1.06. The largest absolute Gasteiger partial charge is 0.600 e. The lowest BCUT2D eigenvalue weighted by atomic mass is 10.2. The highest BCUT2D eigenvalue weighted by Crippen LogP contribution is 2.01. The molecule has 0 radical (unpaired) electrons. The van der Waals surface area contributed by atoms with Gasteiger partial charge >= 0.3 is 0 Å². The zero-order valence-electron chi connectivity index (χ0n) is 7.52. The molecule has 3 N–H and O–H groups in total. The Labute approximate surface area is 67.8 Å². The molecule has 0 fully saturated rings. The Morgan fingerprint density at radius 2 is 2.09 bits per heavy atom. The van der Waals surface area contributed by atoms with Crippen LogP contribution in [0.5, 0.6) is 0 Å². The molecule has 0 aromatic carbocycles. The third-order valence-corrected chi connectivity index (χ3v) is 1.50. The van der Waals surface area contributed by atoms with E-state index in [9.17, 15) is 5.21 Å². The molecule has 0 bridgehead atoms. The first kappa shape index (κ1) is 10.8. The second-order valence-corrected chi connectivity index (χ2v) is 2.89. The van der Waals surface area contributed by atoms with Crippen molar-refractivity contribution in [2.24, 2.45) is 5.73 Å². The molecule has 0 aromatic rings. The summed E-state index contributed by atoms with van der Waals surface area (Å²) in [4.78, 5) is 4.97. The van der Waals surface area contributed by atoms with Gasteiger partial charge < -0.3 is 5.21 Å². The van der Waals surface area contributed by atoms with E-state index in [0.29, 0.717) is 13.0 Å². The van der Waals surface area contributed by atoms with Crippen LogP contribution in [0.2, 0.25) is 0 Å². The SMILES string of the molecule is CCC[NH+]([O-])OC(C)(N)CC. The Morgan fingerprint density at radius 3 is 2.45 bits per heavy atom. The molecular formula is C7H18N2O2. The summed E-state index contributed by atoms with van der Waals surface area (Å²) in [5, 5.41) is 10.7. The molecule has 0 aliphatic carbocycles. The van der Waals surface area contributed by atoms with Gasteiger partial charge in [-0.25, -0.2) is 5.23 Å². The van der Waals surface area contributed by atoms with Crippen molar-refractivity contribution in [3.63, 3.8) is 0 Å². The molecule has 11 heavy (non-hydrogen) atoms. The van der Waals surface area contributed by atoms with Crippen LogP contribution in [0.3, 0.4) is 0 Å². The topological polar surface area (TPSA) is 62.8 Å². The zero-order valence-corrected chi connectivity index (χ0v) is 7.52. The van der Waals surface area contributed by atoms with E-state index in [1.807, 2.05) is 13.8 Å². The standard InChI is InChI=1S/C7H18N2O2/c1-4-6-9(10)11-7(3,8)5-2/h9H,4-6,8H2,1-3H3. The van der Waals surface area contributed by atoms with E-state index >= 15 is 0 Å². The van der Waals surface area contributed by atoms with Crippen LogP contribution in [0.1, 0.15) is 33.6 Å². The summed E-state index contributed by atoms with van der Waals surface area (Å²) in [7, 11) is 0. The number of nitrogens with one attached hydrogen (secondary N) is 1. The Bertz CT molecular complexity index is 107. The molecule has 2 unspecified atom stereocenters. The summed E-state index contributed by atoms with van der Waals surface area (Å²) in [5.41, 5.74) is 4.82. The first-order valence-corrected chi connectivity index (χ1v) is 4.02. The molecule has 0 amide bonds. The van der Waals surface area contributed by atoms with Crippen LogP contribution < -0.4 is 11.0 Å². The van der Waals surface area contributed by atoms with Crippen molar-refractivity contribution in [1.82, 2.24) is 0 Å². The van der Waals surface area contributed by atoms with Gasteiger partial charge in [-0.3, -0.25) is 5.73 Å². The third kappa shape index (κ3) is 5.15. The van der Waals surface area contributed by atoms with Crippen molar-refractivity contribution in [1.29, 1.82) is 0 Å². The van der Waals surface area contributed by atoms with Crippen LogP contribution in [0.4, 0.5) is 0 Å². The maximum atomic E-state index is 10.9. The summed E-state index contributed by atoms with van der Waals surface area (Å²) in [6.45, 7) is 5.98.